The first kappa shape index (κ1) is 14.7. The molecule has 1 aliphatic rings. The molecule has 0 spiro atoms. The molecule has 0 unspecified atom stereocenters. The fourth-order valence-corrected chi connectivity index (χ4v) is 2.66. The highest BCUT2D eigenvalue weighted by Gasteiger charge is 2.27. The molecule has 0 bridgehead atoms. The van der Waals surface area contributed by atoms with E-state index in [1.807, 2.05) is 18.2 Å². The Morgan fingerprint density at radius 3 is 2.75 bits per heavy atom. The molecular formula is C16H21NO3. The van der Waals surface area contributed by atoms with Crippen LogP contribution in [0.2, 0.25) is 0 Å². The van der Waals surface area contributed by atoms with Gasteiger partial charge in [-0.1, -0.05) is 30.3 Å². The molecule has 4 nitrogen and oxygen atoms in total. The molecule has 0 radical (unpaired) electrons. The molecule has 1 heterocycles. The van der Waals surface area contributed by atoms with Crippen molar-refractivity contribution in [2.45, 2.75) is 25.8 Å². The number of rotatable bonds is 5. The Morgan fingerprint density at radius 1 is 1.30 bits per heavy atom. The number of carbonyl (C=O) groups is 2. The lowest BCUT2D eigenvalue weighted by Crippen LogP contribution is -2.38. The summed E-state index contributed by atoms with van der Waals surface area (Å²) in [5.41, 5.74) is 1.26. The van der Waals surface area contributed by atoms with Crippen LogP contribution in [-0.2, 0) is 20.9 Å². The van der Waals surface area contributed by atoms with Gasteiger partial charge in [-0.05, 0) is 24.9 Å². The summed E-state index contributed by atoms with van der Waals surface area (Å²) in [6.45, 7) is 2.62. The highest BCUT2D eigenvalue weighted by Crippen LogP contribution is 2.20. The Labute approximate surface area is 119 Å². The number of Topliss-reactive ketones (excluding diaryl/α,β-unsaturated/α-hetero) is 1. The summed E-state index contributed by atoms with van der Waals surface area (Å²) in [6, 6.07) is 10.3. The molecule has 0 saturated carbocycles. The molecule has 0 aromatic heterocycles. The van der Waals surface area contributed by atoms with Crippen LogP contribution in [0.3, 0.4) is 0 Å². The quantitative estimate of drug-likeness (QED) is 0.609. The average molecular weight is 275 g/mol. The fourth-order valence-electron chi connectivity index (χ4n) is 2.66. The van der Waals surface area contributed by atoms with Gasteiger partial charge in [-0.3, -0.25) is 14.5 Å². The van der Waals surface area contributed by atoms with Crippen LogP contribution >= 0.6 is 0 Å². The van der Waals surface area contributed by atoms with Crippen LogP contribution in [0.5, 0.6) is 0 Å². The van der Waals surface area contributed by atoms with Crippen molar-refractivity contribution < 1.29 is 14.3 Å². The van der Waals surface area contributed by atoms with Crippen LogP contribution in [0.15, 0.2) is 30.3 Å². The van der Waals surface area contributed by atoms with Crippen LogP contribution in [0.1, 0.15) is 24.8 Å². The molecule has 1 saturated heterocycles. The third-order valence-electron chi connectivity index (χ3n) is 3.76. The number of esters is 1. The van der Waals surface area contributed by atoms with E-state index in [9.17, 15) is 9.59 Å². The number of hydrogen-bond acceptors (Lipinski definition) is 4. The molecule has 0 amide bonds. The first-order chi connectivity index (χ1) is 9.69. The van der Waals surface area contributed by atoms with E-state index in [4.69, 9.17) is 0 Å². The van der Waals surface area contributed by atoms with Gasteiger partial charge in [0.25, 0.3) is 0 Å². The van der Waals surface area contributed by atoms with Crippen LogP contribution < -0.4 is 0 Å². The summed E-state index contributed by atoms with van der Waals surface area (Å²) in [7, 11) is 1.32. The second-order valence-electron chi connectivity index (χ2n) is 5.28. The van der Waals surface area contributed by atoms with Crippen molar-refractivity contribution in [1.82, 2.24) is 4.90 Å². The third-order valence-corrected chi connectivity index (χ3v) is 3.76. The summed E-state index contributed by atoms with van der Waals surface area (Å²) < 4.78 is 4.56. The fraction of sp³-hybridized carbons (Fsp3) is 0.500. The molecule has 1 aromatic rings. The second kappa shape index (κ2) is 7.20. The third kappa shape index (κ3) is 4.17. The number of piperidine rings is 1. The number of benzene rings is 1. The zero-order valence-electron chi connectivity index (χ0n) is 11.9. The lowest BCUT2D eigenvalue weighted by Gasteiger charge is -2.31. The van der Waals surface area contributed by atoms with Crippen LogP contribution in [-0.4, -0.2) is 36.9 Å². The summed E-state index contributed by atoms with van der Waals surface area (Å²) in [5, 5.41) is 0. The predicted molar refractivity (Wildman–Crippen MR) is 76.1 cm³/mol. The van der Waals surface area contributed by atoms with Crippen LogP contribution in [0.4, 0.5) is 0 Å². The highest BCUT2D eigenvalue weighted by molar-refractivity contribution is 5.96. The maximum atomic E-state index is 12.0. The first-order valence-corrected chi connectivity index (χ1v) is 7.05. The minimum Gasteiger partial charge on any atom is -0.469 e. The van der Waals surface area contributed by atoms with Gasteiger partial charge in [0.15, 0.2) is 0 Å². The minimum atomic E-state index is -0.435. The molecule has 4 heteroatoms. The molecule has 1 atom stereocenters. The van der Waals surface area contributed by atoms with Crippen molar-refractivity contribution in [2.75, 3.05) is 20.2 Å². The first-order valence-electron chi connectivity index (χ1n) is 7.05. The Balaban J connectivity index is 1.88. The predicted octanol–water partition coefficient (Wildman–Crippen LogP) is 2.03. The van der Waals surface area contributed by atoms with E-state index in [2.05, 4.69) is 21.8 Å². The van der Waals surface area contributed by atoms with Gasteiger partial charge in [-0.15, -0.1) is 0 Å². The van der Waals surface area contributed by atoms with Crippen molar-refractivity contribution >= 4 is 11.8 Å². The number of ether oxygens (including phenoxy) is 1. The largest absolute Gasteiger partial charge is 0.469 e. The summed E-state index contributed by atoms with van der Waals surface area (Å²) in [5.74, 6) is -0.462. The lowest BCUT2D eigenvalue weighted by molar-refractivity contribution is -0.144. The lowest BCUT2D eigenvalue weighted by atomic mass is 9.92. The Kier molecular flexibility index (Phi) is 5.30. The number of likely N-dealkylation sites (tertiary alicyclic amines) is 1. The van der Waals surface area contributed by atoms with Crippen molar-refractivity contribution in [3.63, 3.8) is 0 Å². The number of hydrogen-bond donors (Lipinski definition) is 0. The Bertz CT molecular complexity index is 458. The average Bonchev–Trinajstić information content (AvgIpc) is 2.48. The van der Waals surface area contributed by atoms with E-state index in [0.717, 1.165) is 32.5 Å². The topological polar surface area (TPSA) is 46.6 Å². The van der Waals surface area contributed by atoms with Crippen LogP contribution in [0.25, 0.3) is 0 Å². The van der Waals surface area contributed by atoms with Crippen LogP contribution in [0, 0.1) is 5.92 Å². The zero-order valence-corrected chi connectivity index (χ0v) is 11.9. The normalized spacial score (nSPS) is 19.6. The summed E-state index contributed by atoms with van der Waals surface area (Å²) in [4.78, 5) is 25.5. The van der Waals surface area contributed by atoms with Gasteiger partial charge >= 0.3 is 5.97 Å². The Morgan fingerprint density at radius 2 is 2.05 bits per heavy atom. The number of ketones is 1. The van der Waals surface area contributed by atoms with Crippen molar-refractivity contribution in [3.05, 3.63) is 35.9 Å². The zero-order chi connectivity index (χ0) is 14.4. The number of carbonyl (C=O) groups excluding carboxylic acids is 2. The highest BCUT2D eigenvalue weighted by atomic mass is 16.5. The Hall–Kier alpha value is -1.68. The molecule has 0 N–H and O–H groups in total. The van der Waals surface area contributed by atoms with E-state index in [-0.39, 0.29) is 18.1 Å². The van der Waals surface area contributed by atoms with Gasteiger partial charge in [0.2, 0.25) is 0 Å². The van der Waals surface area contributed by atoms with Crippen molar-refractivity contribution in [3.8, 4) is 0 Å². The molecular weight excluding hydrogens is 254 g/mol. The molecule has 1 fully saturated rings. The number of methoxy groups -OCH3 is 1. The number of nitrogens with zero attached hydrogens (tertiary/aromatic N) is 1. The van der Waals surface area contributed by atoms with Crippen molar-refractivity contribution in [1.29, 1.82) is 0 Å². The molecule has 1 aromatic carbocycles. The van der Waals surface area contributed by atoms with Gasteiger partial charge in [0, 0.05) is 19.0 Å². The molecule has 0 aliphatic carbocycles. The maximum absolute atomic E-state index is 12.0. The summed E-state index contributed by atoms with van der Waals surface area (Å²) in [6.07, 6.45) is 1.78. The monoisotopic (exact) mass is 275 g/mol. The standard InChI is InChI=1S/C16H21NO3/c1-20-16(19)10-15(18)14-8-5-9-17(12-14)11-13-6-3-2-4-7-13/h2-4,6-7,14H,5,8-12H2,1H3/t14-/m1/s1. The second-order valence-corrected chi connectivity index (χ2v) is 5.28. The van der Waals surface area contributed by atoms with Gasteiger partial charge in [0.05, 0.1) is 7.11 Å². The van der Waals surface area contributed by atoms with Gasteiger partial charge in [0.1, 0.15) is 12.2 Å². The smallest absolute Gasteiger partial charge is 0.313 e. The van der Waals surface area contributed by atoms with E-state index in [1.165, 1.54) is 12.7 Å². The SMILES string of the molecule is COC(=O)CC(=O)[C@@H]1CCCN(Cc2ccccc2)C1. The minimum absolute atomic E-state index is 0.00890. The van der Waals surface area contributed by atoms with Gasteiger partial charge < -0.3 is 4.74 Å². The van der Waals surface area contributed by atoms with E-state index in [0.29, 0.717) is 0 Å². The molecule has 2 rings (SSSR count). The van der Waals surface area contributed by atoms with E-state index < -0.39 is 5.97 Å². The maximum Gasteiger partial charge on any atom is 0.313 e. The molecule has 108 valence electrons. The molecule has 20 heavy (non-hydrogen) atoms. The van der Waals surface area contributed by atoms with Crippen molar-refractivity contribution in [2.24, 2.45) is 5.92 Å². The summed E-state index contributed by atoms with van der Waals surface area (Å²) >= 11 is 0. The van der Waals surface area contributed by atoms with Gasteiger partial charge in [-0.25, -0.2) is 0 Å². The van der Waals surface area contributed by atoms with E-state index >= 15 is 0 Å². The van der Waals surface area contributed by atoms with Gasteiger partial charge in [-0.2, -0.15) is 0 Å². The van der Waals surface area contributed by atoms with E-state index in [1.54, 1.807) is 0 Å². The molecule has 1 aliphatic heterocycles.